The van der Waals surface area contributed by atoms with E-state index in [-0.39, 0.29) is 18.4 Å². The maximum absolute atomic E-state index is 12.0. The Balaban J connectivity index is 1.99. The second-order valence-electron chi connectivity index (χ2n) is 4.32. The van der Waals surface area contributed by atoms with Gasteiger partial charge in [-0.2, -0.15) is 0 Å². The molecule has 1 amide bonds. The van der Waals surface area contributed by atoms with E-state index in [1.165, 1.54) is 0 Å². The molecule has 100 valence electrons. The number of hydrogen-bond acceptors (Lipinski definition) is 4. The van der Waals surface area contributed by atoms with Crippen molar-refractivity contribution in [2.45, 2.75) is 12.8 Å². The highest BCUT2D eigenvalue weighted by Crippen LogP contribution is 2.15. The van der Waals surface area contributed by atoms with E-state index in [0.29, 0.717) is 18.1 Å². The van der Waals surface area contributed by atoms with Crippen LogP contribution in [0.4, 0.5) is 5.82 Å². The molecule has 0 radical (unpaired) electrons. The number of carbonyl (C=O) groups excluding carboxylic acids is 1. The van der Waals surface area contributed by atoms with Crippen LogP contribution in [0.15, 0.2) is 18.2 Å². The fourth-order valence-electron chi connectivity index (χ4n) is 1.89. The summed E-state index contributed by atoms with van der Waals surface area (Å²) in [7, 11) is 0. The van der Waals surface area contributed by atoms with Gasteiger partial charge in [0.05, 0.1) is 19.1 Å². The largest absolute Gasteiger partial charge is 0.381 e. The molecule has 1 saturated heterocycles. The van der Waals surface area contributed by atoms with Crippen LogP contribution in [-0.2, 0) is 9.53 Å². The van der Waals surface area contributed by atoms with E-state index in [1.54, 1.807) is 18.2 Å². The summed E-state index contributed by atoms with van der Waals surface area (Å²) in [5.41, 5.74) is 5.91. The van der Waals surface area contributed by atoms with Gasteiger partial charge in [0.25, 0.3) is 0 Å². The molecule has 1 fully saturated rings. The van der Waals surface area contributed by atoms with Crippen molar-refractivity contribution in [1.29, 1.82) is 0 Å². The highest BCUT2D eigenvalue weighted by atomic mass is 16.5. The minimum atomic E-state index is -0.0886. The number of nitrogens with two attached hydrogens (primary N) is 1. The molecule has 1 aliphatic rings. The molecule has 1 aliphatic heterocycles. The molecule has 0 saturated carbocycles. The van der Waals surface area contributed by atoms with Crippen molar-refractivity contribution in [3.63, 3.8) is 0 Å². The number of anilines is 1. The van der Waals surface area contributed by atoms with Crippen LogP contribution < -0.4 is 11.1 Å². The first-order chi connectivity index (χ1) is 9.29. The molecule has 19 heavy (non-hydrogen) atoms. The average molecular weight is 259 g/mol. The van der Waals surface area contributed by atoms with Gasteiger partial charge in [0.1, 0.15) is 11.5 Å². The Bertz CT molecular complexity index is 499. The zero-order chi connectivity index (χ0) is 13.5. The third-order valence-corrected chi connectivity index (χ3v) is 2.85. The SMILES string of the molecule is NCC#Cc1cccc(NC(=O)C2CCCOC2)n1. The highest BCUT2D eigenvalue weighted by molar-refractivity contribution is 5.91. The zero-order valence-corrected chi connectivity index (χ0v) is 10.7. The van der Waals surface area contributed by atoms with E-state index in [9.17, 15) is 4.79 Å². The van der Waals surface area contributed by atoms with Gasteiger partial charge in [-0.25, -0.2) is 4.98 Å². The lowest BCUT2D eigenvalue weighted by atomic mass is 10.0. The summed E-state index contributed by atoms with van der Waals surface area (Å²) in [6, 6.07) is 5.33. The molecule has 1 atom stereocenters. The van der Waals surface area contributed by atoms with Gasteiger partial charge in [-0.15, -0.1) is 0 Å². The number of aromatic nitrogens is 1. The molecule has 0 spiro atoms. The Hall–Kier alpha value is -1.90. The predicted octanol–water partition coefficient (Wildman–Crippen LogP) is 0.757. The second-order valence-corrected chi connectivity index (χ2v) is 4.32. The molecule has 1 unspecified atom stereocenters. The van der Waals surface area contributed by atoms with Crippen LogP contribution in [0.3, 0.4) is 0 Å². The molecule has 1 aromatic heterocycles. The van der Waals surface area contributed by atoms with Crippen LogP contribution in [0.1, 0.15) is 18.5 Å². The predicted molar refractivity (Wildman–Crippen MR) is 72.3 cm³/mol. The molecule has 2 heterocycles. The lowest BCUT2D eigenvalue weighted by Crippen LogP contribution is -2.30. The van der Waals surface area contributed by atoms with Crippen LogP contribution in [0.25, 0.3) is 0 Å². The van der Waals surface area contributed by atoms with Gasteiger partial charge in [-0.3, -0.25) is 4.79 Å². The maximum atomic E-state index is 12.0. The lowest BCUT2D eigenvalue weighted by molar-refractivity contribution is -0.123. The normalized spacial score (nSPS) is 18.3. The van der Waals surface area contributed by atoms with E-state index in [0.717, 1.165) is 19.4 Å². The average Bonchev–Trinajstić information content (AvgIpc) is 2.46. The van der Waals surface area contributed by atoms with Gasteiger partial charge < -0.3 is 15.8 Å². The molecule has 0 bridgehead atoms. The number of nitrogens with zero attached hydrogens (tertiary/aromatic N) is 1. The molecular weight excluding hydrogens is 242 g/mol. The van der Waals surface area contributed by atoms with Crippen molar-refractivity contribution < 1.29 is 9.53 Å². The fraction of sp³-hybridized carbons (Fsp3) is 0.429. The van der Waals surface area contributed by atoms with E-state index >= 15 is 0 Å². The summed E-state index contributed by atoms with van der Waals surface area (Å²) >= 11 is 0. The lowest BCUT2D eigenvalue weighted by Gasteiger charge is -2.20. The summed E-state index contributed by atoms with van der Waals surface area (Å²) in [6.07, 6.45) is 1.78. The Morgan fingerprint density at radius 2 is 2.47 bits per heavy atom. The number of nitrogens with one attached hydrogen (secondary N) is 1. The van der Waals surface area contributed by atoms with Crippen LogP contribution in [-0.4, -0.2) is 30.6 Å². The fourth-order valence-corrected chi connectivity index (χ4v) is 1.89. The molecule has 0 aliphatic carbocycles. The number of amides is 1. The third kappa shape index (κ3) is 4.05. The van der Waals surface area contributed by atoms with Gasteiger partial charge in [0, 0.05) is 6.61 Å². The molecule has 2 rings (SSSR count). The minimum absolute atomic E-state index is 0.0452. The first kappa shape index (κ1) is 13.5. The summed E-state index contributed by atoms with van der Waals surface area (Å²) in [6.45, 7) is 1.52. The van der Waals surface area contributed by atoms with Crippen molar-refractivity contribution >= 4 is 11.7 Å². The van der Waals surface area contributed by atoms with Gasteiger partial charge in [-0.1, -0.05) is 12.0 Å². The maximum Gasteiger partial charge on any atom is 0.230 e. The zero-order valence-electron chi connectivity index (χ0n) is 10.7. The number of ether oxygens (including phenoxy) is 1. The van der Waals surface area contributed by atoms with Crippen molar-refractivity contribution in [1.82, 2.24) is 4.98 Å². The second kappa shape index (κ2) is 6.88. The third-order valence-electron chi connectivity index (χ3n) is 2.85. The summed E-state index contributed by atoms with van der Waals surface area (Å²) in [5, 5.41) is 2.80. The topological polar surface area (TPSA) is 77.2 Å². The number of carbonyl (C=O) groups is 1. The van der Waals surface area contributed by atoms with Gasteiger partial charge in [0.15, 0.2) is 0 Å². The summed E-state index contributed by atoms with van der Waals surface area (Å²) < 4.78 is 5.30. The number of rotatable bonds is 2. The first-order valence-electron chi connectivity index (χ1n) is 6.34. The Morgan fingerprint density at radius 1 is 1.58 bits per heavy atom. The van der Waals surface area contributed by atoms with Crippen LogP contribution in [0.5, 0.6) is 0 Å². The minimum Gasteiger partial charge on any atom is -0.381 e. The van der Waals surface area contributed by atoms with Crippen LogP contribution in [0.2, 0.25) is 0 Å². The smallest absolute Gasteiger partial charge is 0.230 e. The molecule has 1 aromatic rings. The van der Waals surface area contributed by atoms with Crippen molar-refractivity contribution in [2.24, 2.45) is 11.7 Å². The van der Waals surface area contributed by atoms with Crippen molar-refractivity contribution in [3.05, 3.63) is 23.9 Å². The van der Waals surface area contributed by atoms with E-state index in [2.05, 4.69) is 22.1 Å². The van der Waals surface area contributed by atoms with E-state index < -0.39 is 0 Å². The molecular formula is C14H17N3O2. The molecule has 3 N–H and O–H groups in total. The van der Waals surface area contributed by atoms with Gasteiger partial charge >= 0.3 is 0 Å². The first-order valence-corrected chi connectivity index (χ1v) is 6.34. The monoisotopic (exact) mass is 259 g/mol. The molecule has 5 heteroatoms. The van der Waals surface area contributed by atoms with Gasteiger partial charge in [-0.05, 0) is 30.9 Å². The van der Waals surface area contributed by atoms with Crippen LogP contribution >= 0.6 is 0 Å². The summed E-state index contributed by atoms with van der Waals surface area (Å²) in [4.78, 5) is 16.2. The van der Waals surface area contributed by atoms with E-state index in [4.69, 9.17) is 10.5 Å². The summed E-state index contributed by atoms with van der Waals surface area (Å²) in [5.74, 6) is 5.95. The van der Waals surface area contributed by atoms with E-state index in [1.807, 2.05) is 0 Å². The molecule has 5 nitrogen and oxygen atoms in total. The Kier molecular flexibility index (Phi) is 4.90. The van der Waals surface area contributed by atoms with Crippen molar-refractivity contribution in [2.75, 3.05) is 25.1 Å². The highest BCUT2D eigenvalue weighted by Gasteiger charge is 2.21. The van der Waals surface area contributed by atoms with Gasteiger partial charge in [0.2, 0.25) is 5.91 Å². The Morgan fingerprint density at radius 3 is 3.21 bits per heavy atom. The number of hydrogen-bond donors (Lipinski definition) is 2. The van der Waals surface area contributed by atoms with Crippen molar-refractivity contribution in [3.8, 4) is 11.8 Å². The molecule has 0 aromatic carbocycles. The number of pyridine rings is 1. The quantitative estimate of drug-likeness (QED) is 0.769. The van der Waals surface area contributed by atoms with Crippen LogP contribution in [0, 0.1) is 17.8 Å². The Labute approximate surface area is 112 Å². The standard InChI is InChI=1S/C14H17N3O2/c15-8-2-6-12-5-1-7-13(16-12)17-14(18)11-4-3-9-19-10-11/h1,5,7,11H,3-4,8-10,15H2,(H,16,17,18).